The van der Waals surface area contributed by atoms with E-state index in [-0.39, 0.29) is 35.8 Å². The van der Waals surface area contributed by atoms with E-state index in [1.165, 1.54) is 0 Å². The van der Waals surface area contributed by atoms with Crippen molar-refractivity contribution in [1.29, 1.82) is 0 Å². The summed E-state index contributed by atoms with van der Waals surface area (Å²) in [7, 11) is 1.95. The minimum atomic E-state index is -0.330. The maximum absolute atomic E-state index is 13.4. The average molecular weight is 415 g/mol. The van der Waals surface area contributed by atoms with E-state index in [0.717, 1.165) is 5.69 Å². The monoisotopic (exact) mass is 415 g/mol. The lowest BCUT2D eigenvalue weighted by atomic mass is 9.84. The third-order valence-corrected chi connectivity index (χ3v) is 6.15. The first-order chi connectivity index (χ1) is 14.5. The Morgan fingerprint density at radius 1 is 1.07 bits per heavy atom. The highest BCUT2D eigenvalue weighted by Crippen LogP contribution is 2.32. The van der Waals surface area contributed by atoms with Gasteiger partial charge in [-0.05, 0) is 26.1 Å². The van der Waals surface area contributed by atoms with Crippen molar-refractivity contribution < 1.29 is 19.1 Å². The summed E-state index contributed by atoms with van der Waals surface area (Å²) in [6.45, 7) is 5.22. The molecule has 162 valence electrons. The van der Waals surface area contributed by atoms with Crippen LogP contribution in [-0.4, -0.2) is 91.6 Å². The first-order valence-corrected chi connectivity index (χ1v) is 10.5. The van der Waals surface area contributed by atoms with Gasteiger partial charge in [0.25, 0.3) is 0 Å². The molecule has 0 bridgehead atoms. The van der Waals surface area contributed by atoms with Gasteiger partial charge in [0.15, 0.2) is 0 Å². The number of piperidine rings is 1. The predicted molar refractivity (Wildman–Crippen MR) is 111 cm³/mol. The van der Waals surface area contributed by atoms with Crippen molar-refractivity contribution in [3.05, 3.63) is 30.3 Å². The predicted octanol–water partition coefficient (Wildman–Crippen LogP) is 0.385. The van der Waals surface area contributed by atoms with Crippen molar-refractivity contribution in [2.24, 2.45) is 11.8 Å². The highest BCUT2D eigenvalue weighted by Gasteiger charge is 2.51. The molecule has 9 nitrogen and oxygen atoms in total. The fourth-order valence-electron chi connectivity index (χ4n) is 4.61. The number of nitrogens with one attached hydrogen (secondary N) is 1. The highest BCUT2D eigenvalue weighted by molar-refractivity contribution is 5.98. The van der Waals surface area contributed by atoms with Gasteiger partial charge >= 0.3 is 6.09 Å². The Bertz CT molecular complexity index is 796. The highest BCUT2D eigenvalue weighted by atomic mass is 16.6. The van der Waals surface area contributed by atoms with Crippen molar-refractivity contribution in [2.75, 3.05) is 57.9 Å². The Kier molecular flexibility index (Phi) is 5.92. The van der Waals surface area contributed by atoms with Crippen LogP contribution in [-0.2, 0) is 14.3 Å². The first-order valence-electron chi connectivity index (χ1n) is 10.5. The van der Waals surface area contributed by atoms with E-state index in [4.69, 9.17) is 4.74 Å². The summed E-state index contributed by atoms with van der Waals surface area (Å²) in [4.78, 5) is 43.9. The molecule has 0 aliphatic carbocycles. The lowest BCUT2D eigenvalue weighted by molar-refractivity contribution is -0.140. The number of carbonyl (C=O) groups is 3. The van der Waals surface area contributed by atoms with Crippen molar-refractivity contribution >= 4 is 23.6 Å². The quantitative estimate of drug-likeness (QED) is 0.769. The number of para-hydroxylation sites is 1. The van der Waals surface area contributed by atoms with E-state index in [2.05, 4.69) is 10.3 Å². The number of benzene rings is 1. The molecule has 3 aliphatic rings. The van der Waals surface area contributed by atoms with Gasteiger partial charge in [-0.1, -0.05) is 18.2 Å². The summed E-state index contributed by atoms with van der Waals surface area (Å²) in [5.41, 5.74) is 4.10. The zero-order valence-corrected chi connectivity index (χ0v) is 17.5. The van der Waals surface area contributed by atoms with Crippen LogP contribution in [0.3, 0.4) is 0 Å². The molecule has 1 N–H and O–H groups in total. The molecule has 3 unspecified atom stereocenters. The molecule has 0 radical (unpaired) electrons. The number of hydrazine groups is 1. The molecular formula is C21H29N5O4. The molecule has 3 aliphatic heterocycles. The summed E-state index contributed by atoms with van der Waals surface area (Å²) in [5.74, 6) is -0.544. The van der Waals surface area contributed by atoms with Gasteiger partial charge < -0.3 is 19.4 Å². The van der Waals surface area contributed by atoms with E-state index >= 15 is 0 Å². The van der Waals surface area contributed by atoms with Crippen LogP contribution in [0.2, 0.25) is 0 Å². The molecular weight excluding hydrogens is 386 g/mol. The van der Waals surface area contributed by atoms with Crippen LogP contribution in [0.25, 0.3) is 0 Å². The number of ether oxygens (including phenoxy) is 1. The van der Waals surface area contributed by atoms with Crippen LogP contribution in [0.5, 0.6) is 0 Å². The fraction of sp³-hybridized carbons (Fsp3) is 0.571. The maximum Gasteiger partial charge on any atom is 0.409 e. The van der Waals surface area contributed by atoms with Gasteiger partial charge in [0.1, 0.15) is 0 Å². The second-order valence-corrected chi connectivity index (χ2v) is 8.11. The number of amides is 3. The largest absolute Gasteiger partial charge is 0.450 e. The van der Waals surface area contributed by atoms with Crippen molar-refractivity contribution in [1.82, 2.24) is 20.1 Å². The van der Waals surface area contributed by atoms with Crippen LogP contribution in [0.4, 0.5) is 10.5 Å². The standard InChI is InChI=1S/C21H29N5O4/c1-3-30-21(29)25-11-9-24(10-12-25)19(27)16-13-23(2)14-17-18(16)22-26(20(17)28)15-7-5-4-6-8-15/h4-8,16-18,22H,3,9-14H2,1-2H3. The Labute approximate surface area is 176 Å². The summed E-state index contributed by atoms with van der Waals surface area (Å²) in [6, 6.07) is 9.24. The van der Waals surface area contributed by atoms with E-state index < -0.39 is 0 Å². The smallest absolute Gasteiger partial charge is 0.409 e. The Balaban J connectivity index is 1.45. The molecule has 0 aromatic heterocycles. The molecule has 9 heteroatoms. The van der Waals surface area contributed by atoms with Gasteiger partial charge in [-0.2, -0.15) is 0 Å². The van der Waals surface area contributed by atoms with Crippen molar-refractivity contribution in [3.8, 4) is 0 Å². The number of carbonyl (C=O) groups excluding carboxylic acids is 3. The molecule has 1 aromatic rings. The Morgan fingerprint density at radius 2 is 1.73 bits per heavy atom. The van der Waals surface area contributed by atoms with Gasteiger partial charge in [-0.25, -0.2) is 15.2 Å². The molecule has 3 heterocycles. The number of hydrogen-bond donors (Lipinski definition) is 1. The second kappa shape index (κ2) is 8.61. The number of hydrogen-bond acceptors (Lipinski definition) is 6. The number of anilines is 1. The number of rotatable bonds is 3. The summed E-state index contributed by atoms with van der Waals surface area (Å²) in [5, 5.41) is 1.59. The van der Waals surface area contributed by atoms with Crippen LogP contribution < -0.4 is 10.4 Å². The second-order valence-electron chi connectivity index (χ2n) is 8.11. The number of nitrogens with zero attached hydrogens (tertiary/aromatic N) is 4. The fourth-order valence-corrected chi connectivity index (χ4v) is 4.61. The number of fused-ring (bicyclic) bond motifs is 1. The Hall–Kier alpha value is -2.65. The molecule has 30 heavy (non-hydrogen) atoms. The molecule has 0 spiro atoms. The van der Waals surface area contributed by atoms with E-state index in [1.807, 2.05) is 42.3 Å². The van der Waals surface area contributed by atoms with Crippen molar-refractivity contribution in [2.45, 2.75) is 13.0 Å². The molecule has 1 aromatic carbocycles. The van der Waals surface area contributed by atoms with E-state index in [9.17, 15) is 14.4 Å². The van der Waals surface area contributed by atoms with Crippen LogP contribution in [0.15, 0.2) is 30.3 Å². The van der Waals surface area contributed by atoms with Crippen LogP contribution >= 0.6 is 0 Å². The van der Waals surface area contributed by atoms with Gasteiger partial charge in [-0.3, -0.25) is 9.59 Å². The van der Waals surface area contributed by atoms with Gasteiger partial charge in [0, 0.05) is 39.3 Å². The van der Waals surface area contributed by atoms with E-state index in [1.54, 1.807) is 16.8 Å². The molecule has 3 saturated heterocycles. The lowest BCUT2D eigenvalue weighted by Crippen LogP contribution is -2.59. The minimum Gasteiger partial charge on any atom is -0.450 e. The normalized spacial score (nSPS) is 27.2. The molecule has 3 atom stereocenters. The SMILES string of the molecule is CCOC(=O)N1CCN(C(=O)C2CN(C)CC3C(=O)N(c4ccccc4)NC23)CC1. The zero-order chi connectivity index (χ0) is 21.3. The summed E-state index contributed by atoms with van der Waals surface area (Å²) in [6.07, 6.45) is -0.330. The van der Waals surface area contributed by atoms with E-state index in [0.29, 0.717) is 45.9 Å². The van der Waals surface area contributed by atoms with Crippen LogP contribution in [0.1, 0.15) is 6.92 Å². The Morgan fingerprint density at radius 3 is 2.40 bits per heavy atom. The molecule has 0 saturated carbocycles. The number of piperazine rings is 1. The zero-order valence-electron chi connectivity index (χ0n) is 17.5. The number of likely N-dealkylation sites (tertiary alicyclic amines) is 1. The van der Waals surface area contributed by atoms with Crippen LogP contribution in [0, 0.1) is 11.8 Å². The minimum absolute atomic E-state index is 0.00248. The molecule has 4 rings (SSSR count). The third-order valence-electron chi connectivity index (χ3n) is 6.15. The average Bonchev–Trinajstić information content (AvgIpc) is 3.10. The summed E-state index contributed by atoms with van der Waals surface area (Å²) >= 11 is 0. The van der Waals surface area contributed by atoms with Crippen molar-refractivity contribution in [3.63, 3.8) is 0 Å². The van der Waals surface area contributed by atoms with Gasteiger partial charge in [-0.15, -0.1) is 0 Å². The summed E-state index contributed by atoms with van der Waals surface area (Å²) < 4.78 is 5.05. The lowest BCUT2D eigenvalue weighted by Gasteiger charge is -2.41. The first kappa shape index (κ1) is 20.6. The van der Waals surface area contributed by atoms with Gasteiger partial charge in [0.05, 0.1) is 30.2 Å². The molecule has 3 fully saturated rings. The third kappa shape index (κ3) is 3.87. The maximum atomic E-state index is 13.4. The van der Waals surface area contributed by atoms with Gasteiger partial charge in [0.2, 0.25) is 11.8 Å². The molecule has 3 amide bonds. The topological polar surface area (TPSA) is 85.4 Å².